The van der Waals surface area contributed by atoms with Crippen molar-refractivity contribution in [3.8, 4) is 0 Å². The summed E-state index contributed by atoms with van der Waals surface area (Å²) < 4.78 is 1.64. The summed E-state index contributed by atoms with van der Waals surface area (Å²) in [6.45, 7) is 2.00. The molecule has 1 aromatic carbocycles. The van der Waals surface area contributed by atoms with E-state index >= 15 is 0 Å². The van der Waals surface area contributed by atoms with E-state index in [4.69, 9.17) is 0 Å². The van der Waals surface area contributed by atoms with Crippen molar-refractivity contribution in [2.45, 2.75) is 50.6 Å². The minimum Gasteiger partial charge on any atom is -0.347 e. The van der Waals surface area contributed by atoms with Gasteiger partial charge in [-0.3, -0.25) is 4.79 Å². The van der Waals surface area contributed by atoms with Gasteiger partial charge in [0.15, 0.2) is 0 Å². The molecular formula is C16H21N5O. The van der Waals surface area contributed by atoms with E-state index in [0.717, 1.165) is 37.7 Å². The Balaban J connectivity index is 1.81. The molecule has 1 fully saturated rings. The molecule has 2 aromatic rings. The lowest BCUT2D eigenvalue weighted by Crippen LogP contribution is -2.51. The van der Waals surface area contributed by atoms with E-state index in [9.17, 15) is 4.79 Å². The Hall–Kier alpha value is -2.24. The molecule has 1 atom stereocenters. The molecule has 116 valence electrons. The molecule has 1 amide bonds. The highest BCUT2D eigenvalue weighted by Crippen LogP contribution is 2.35. The Morgan fingerprint density at radius 2 is 1.95 bits per heavy atom. The van der Waals surface area contributed by atoms with E-state index in [1.807, 2.05) is 37.3 Å². The summed E-state index contributed by atoms with van der Waals surface area (Å²) in [7, 11) is 0. The Kier molecular flexibility index (Phi) is 4.18. The first-order chi connectivity index (χ1) is 10.7. The molecule has 0 saturated heterocycles. The molecule has 0 radical (unpaired) electrons. The van der Waals surface area contributed by atoms with E-state index in [1.54, 1.807) is 11.0 Å². The van der Waals surface area contributed by atoms with Crippen molar-refractivity contribution in [3.63, 3.8) is 0 Å². The molecule has 1 saturated carbocycles. The minimum absolute atomic E-state index is 0.0100. The zero-order valence-electron chi connectivity index (χ0n) is 12.8. The van der Waals surface area contributed by atoms with Crippen LogP contribution in [0.1, 0.15) is 50.6 Å². The summed E-state index contributed by atoms with van der Waals surface area (Å²) in [5.41, 5.74) is 0.448. The van der Waals surface area contributed by atoms with Crippen molar-refractivity contribution < 1.29 is 4.79 Å². The molecule has 3 rings (SSSR count). The van der Waals surface area contributed by atoms with Crippen LogP contribution < -0.4 is 5.32 Å². The summed E-state index contributed by atoms with van der Waals surface area (Å²) in [5, 5.41) is 14.6. The third-order valence-electron chi connectivity index (χ3n) is 4.54. The molecule has 6 heteroatoms. The molecular weight excluding hydrogens is 278 g/mol. The zero-order chi connectivity index (χ0) is 15.4. The normalized spacial score (nSPS) is 18.6. The van der Waals surface area contributed by atoms with Gasteiger partial charge in [-0.15, -0.1) is 5.10 Å². The van der Waals surface area contributed by atoms with E-state index in [1.165, 1.54) is 0 Å². The third kappa shape index (κ3) is 2.73. The van der Waals surface area contributed by atoms with E-state index in [-0.39, 0.29) is 11.9 Å². The van der Waals surface area contributed by atoms with Gasteiger partial charge in [0.2, 0.25) is 5.91 Å². The van der Waals surface area contributed by atoms with Crippen molar-refractivity contribution in [2.75, 3.05) is 0 Å². The quantitative estimate of drug-likeness (QED) is 0.939. The largest absolute Gasteiger partial charge is 0.347 e. The van der Waals surface area contributed by atoms with Gasteiger partial charge in [0.25, 0.3) is 0 Å². The summed E-state index contributed by atoms with van der Waals surface area (Å²) >= 11 is 0. The highest BCUT2D eigenvalue weighted by Gasteiger charge is 2.43. The topological polar surface area (TPSA) is 72.7 Å². The molecule has 0 bridgehead atoms. The highest BCUT2D eigenvalue weighted by atomic mass is 16.2. The smallest absolute Gasteiger partial charge is 0.248 e. The maximum Gasteiger partial charge on any atom is 0.248 e. The molecule has 1 unspecified atom stereocenters. The predicted octanol–water partition coefficient (Wildman–Crippen LogP) is 2.21. The number of carbonyl (C=O) groups is 1. The Morgan fingerprint density at radius 1 is 1.23 bits per heavy atom. The van der Waals surface area contributed by atoms with Crippen LogP contribution in [-0.4, -0.2) is 26.1 Å². The van der Waals surface area contributed by atoms with Gasteiger partial charge in [-0.05, 0) is 35.8 Å². The number of nitrogens with zero attached hydrogens (tertiary/aromatic N) is 4. The number of nitrogens with one attached hydrogen (secondary N) is 1. The molecule has 1 N–H and O–H groups in total. The van der Waals surface area contributed by atoms with Gasteiger partial charge in [0.1, 0.15) is 11.9 Å². The second-order valence-electron chi connectivity index (χ2n) is 5.95. The number of hydrogen-bond donors (Lipinski definition) is 1. The summed E-state index contributed by atoms with van der Waals surface area (Å²) in [6.07, 6.45) is 6.32. The molecule has 22 heavy (non-hydrogen) atoms. The van der Waals surface area contributed by atoms with Crippen LogP contribution in [0.4, 0.5) is 0 Å². The summed E-state index contributed by atoms with van der Waals surface area (Å²) in [4.78, 5) is 13.0. The average molecular weight is 299 g/mol. The molecule has 1 heterocycles. The van der Waals surface area contributed by atoms with Gasteiger partial charge in [0.05, 0.1) is 6.04 Å². The monoisotopic (exact) mass is 299 g/mol. The third-order valence-corrected chi connectivity index (χ3v) is 4.54. The van der Waals surface area contributed by atoms with Crippen LogP contribution in [0.5, 0.6) is 0 Å². The molecule has 1 aromatic heterocycles. The Morgan fingerprint density at radius 3 is 2.59 bits per heavy atom. The predicted molar refractivity (Wildman–Crippen MR) is 81.9 cm³/mol. The Bertz CT molecular complexity index is 605. The lowest BCUT2D eigenvalue weighted by Gasteiger charge is -2.36. The van der Waals surface area contributed by atoms with Crippen LogP contribution in [0.3, 0.4) is 0 Å². The second-order valence-corrected chi connectivity index (χ2v) is 5.95. The fourth-order valence-corrected chi connectivity index (χ4v) is 3.21. The number of rotatable bonds is 4. The first-order valence-corrected chi connectivity index (χ1v) is 7.82. The van der Waals surface area contributed by atoms with E-state index < -0.39 is 5.54 Å². The van der Waals surface area contributed by atoms with Crippen LogP contribution >= 0.6 is 0 Å². The van der Waals surface area contributed by atoms with Gasteiger partial charge in [0, 0.05) is 0 Å². The zero-order valence-corrected chi connectivity index (χ0v) is 12.8. The fourth-order valence-electron chi connectivity index (χ4n) is 3.21. The lowest BCUT2D eigenvalue weighted by molar-refractivity contribution is -0.133. The number of aromatic nitrogens is 4. The first kappa shape index (κ1) is 14.7. The van der Waals surface area contributed by atoms with Crippen molar-refractivity contribution in [1.82, 2.24) is 25.5 Å². The molecule has 0 spiro atoms. The van der Waals surface area contributed by atoms with Gasteiger partial charge >= 0.3 is 0 Å². The van der Waals surface area contributed by atoms with Crippen molar-refractivity contribution in [3.05, 3.63) is 42.2 Å². The number of hydrogen-bond acceptors (Lipinski definition) is 4. The highest BCUT2D eigenvalue weighted by molar-refractivity contribution is 5.84. The maximum atomic E-state index is 13.0. The standard InChI is InChI=1S/C16H21N5O/c1-13(14-8-4-2-5-9-14)18-15(22)16(10-6-3-7-11-16)21-12-17-19-20-21/h2,4-5,8-9,12-13H,3,6-7,10-11H2,1H3,(H,18,22). The maximum absolute atomic E-state index is 13.0. The number of benzene rings is 1. The molecule has 1 aliphatic rings. The fraction of sp³-hybridized carbons (Fsp3) is 0.500. The molecule has 6 nitrogen and oxygen atoms in total. The van der Waals surface area contributed by atoms with Gasteiger partial charge in [-0.25, -0.2) is 4.68 Å². The summed E-state index contributed by atoms with van der Waals surface area (Å²) in [6, 6.07) is 9.95. The summed E-state index contributed by atoms with van der Waals surface area (Å²) in [5.74, 6) is 0.0100. The molecule has 0 aliphatic heterocycles. The average Bonchev–Trinajstić information content (AvgIpc) is 3.11. The van der Waals surface area contributed by atoms with Gasteiger partial charge < -0.3 is 5.32 Å². The number of tetrazole rings is 1. The van der Waals surface area contributed by atoms with E-state index in [2.05, 4.69) is 20.8 Å². The van der Waals surface area contributed by atoms with Crippen LogP contribution in [0, 0.1) is 0 Å². The number of carbonyl (C=O) groups excluding carboxylic acids is 1. The number of amides is 1. The van der Waals surface area contributed by atoms with Crippen molar-refractivity contribution in [2.24, 2.45) is 0 Å². The van der Waals surface area contributed by atoms with Crippen LogP contribution in [0.15, 0.2) is 36.7 Å². The van der Waals surface area contributed by atoms with Crippen molar-refractivity contribution >= 4 is 5.91 Å². The van der Waals surface area contributed by atoms with Crippen LogP contribution in [0.25, 0.3) is 0 Å². The minimum atomic E-state index is -0.648. The second kappa shape index (κ2) is 6.25. The Labute approximate surface area is 129 Å². The lowest BCUT2D eigenvalue weighted by atomic mass is 9.80. The SMILES string of the molecule is CC(NC(=O)C1(n2cnnn2)CCCCC1)c1ccccc1. The van der Waals surface area contributed by atoms with E-state index in [0.29, 0.717) is 0 Å². The van der Waals surface area contributed by atoms with Gasteiger partial charge in [-0.1, -0.05) is 49.6 Å². The van der Waals surface area contributed by atoms with Gasteiger partial charge in [-0.2, -0.15) is 0 Å². The van der Waals surface area contributed by atoms with Crippen molar-refractivity contribution in [1.29, 1.82) is 0 Å². The van der Waals surface area contributed by atoms with Crippen LogP contribution in [0.2, 0.25) is 0 Å². The first-order valence-electron chi connectivity index (χ1n) is 7.82. The molecule has 1 aliphatic carbocycles. The van der Waals surface area contributed by atoms with Crippen LogP contribution in [-0.2, 0) is 10.3 Å².